The van der Waals surface area contributed by atoms with E-state index in [1.54, 1.807) is 0 Å². The fourth-order valence-electron chi connectivity index (χ4n) is 7.49. The molecule has 0 N–H and O–H groups in total. The van der Waals surface area contributed by atoms with Gasteiger partial charge in [0.1, 0.15) is 6.61 Å². The van der Waals surface area contributed by atoms with Crippen LogP contribution in [0.3, 0.4) is 0 Å². The smallest absolute Gasteiger partial charge is 0.155 e. The van der Waals surface area contributed by atoms with Crippen LogP contribution in [0.15, 0.2) is 16.8 Å². The Bertz CT molecular complexity index is 671. The molecule has 6 unspecified atom stereocenters. The summed E-state index contributed by atoms with van der Waals surface area (Å²) in [6.45, 7) is 7.82. The van der Waals surface area contributed by atoms with E-state index in [4.69, 9.17) is 4.84 Å². The van der Waals surface area contributed by atoms with Gasteiger partial charge in [-0.2, -0.15) is 0 Å². The number of ketones is 1. The fraction of sp³-hybridized carbons (Fsp3) is 0.826. The van der Waals surface area contributed by atoms with Gasteiger partial charge in [-0.15, -0.1) is 0 Å². The number of rotatable bonds is 4. The second-order valence-electron chi connectivity index (χ2n) is 9.90. The van der Waals surface area contributed by atoms with Crippen LogP contribution >= 0.6 is 15.9 Å². The van der Waals surface area contributed by atoms with Gasteiger partial charge < -0.3 is 4.84 Å². The molecular weight excluding hydrogens is 402 g/mol. The summed E-state index contributed by atoms with van der Waals surface area (Å²) in [6.07, 6.45) is 11.5. The third-order valence-corrected chi connectivity index (χ3v) is 9.17. The molecule has 27 heavy (non-hydrogen) atoms. The summed E-state index contributed by atoms with van der Waals surface area (Å²) in [5.41, 5.74) is 3.32. The molecule has 0 amide bonds. The Hall–Kier alpha value is -0.640. The molecule has 0 aromatic rings. The summed E-state index contributed by atoms with van der Waals surface area (Å²) < 4.78 is 0. The highest BCUT2D eigenvalue weighted by Crippen LogP contribution is 2.66. The normalized spacial score (nSPS) is 44.2. The predicted molar refractivity (Wildman–Crippen MR) is 113 cm³/mol. The number of hydrogen-bond acceptors (Lipinski definition) is 3. The quantitative estimate of drug-likeness (QED) is 0.237. The van der Waals surface area contributed by atoms with Crippen LogP contribution in [-0.4, -0.2) is 23.4 Å². The number of hydrogen-bond donors (Lipinski definition) is 0. The van der Waals surface area contributed by atoms with Crippen molar-refractivity contribution < 1.29 is 9.63 Å². The van der Waals surface area contributed by atoms with Crippen molar-refractivity contribution in [2.75, 3.05) is 11.9 Å². The minimum Gasteiger partial charge on any atom is -0.395 e. The molecule has 0 bridgehead atoms. The van der Waals surface area contributed by atoms with E-state index in [2.05, 4.69) is 41.9 Å². The molecule has 0 aromatic carbocycles. The van der Waals surface area contributed by atoms with Crippen molar-refractivity contribution in [3.8, 4) is 0 Å². The van der Waals surface area contributed by atoms with E-state index in [9.17, 15) is 4.79 Å². The van der Waals surface area contributed by atoms with E-state index in [-0.39, 0.29) is 5.41 Å². The van der Waals surface area contributed by atoms with Crippen molar-refractivity contribution in [3.05, 3.63) is 11.6 Å². The van der Waals surface area contributed by atoms with Crippen molar-refractivity contribution in [2.45, 2.75) is 72.1 Å². The van der Waals surface area contributed by atoms with Gasteiger partial charge in [0.15, 0.2) is 5.78 Å². The number of allylic oxidation sites excluding steroid dienone is 1. The van der Waals surface area contributed by atoms with Crippen molar-refractivity contribution in [3.63, 3.8) is 0 Å². The summed E-state index contributed by atoms with van der Waals surface area (Å²) >= 11 is 3.40. The highest BCUT2D eigenvalue weighted by Gasteiger charge is 2.59. The number of alkyl halides is 1. The first kappa shape index (κ1) is 19.7. The van der Waals surface area contributed by atoms with Crippen molar-refractivity contribution >= 4 is 27.4 Å². The summed E-state index contributed by atoms with van der Waals surface area (Å²) in [5, 5.41) is 5.29. The third-order valence-electron chi connectivity index (χ3n) is 8.84. The average molecular weight is 436 g/mol. The number of carbonyl (C=O) groups is 1. The molecule has 4 aliphatic rings. The molecule has 3 saturated carbocycles. The van der Waals surface area contributed by atoms with E-state index in [0.29, 0.717) is 23.7 Å². The molecule has 0 saturated heterocycles. The molecular formula is C23H34BrNO2. The van der Waals surface area contributed by atoms with Crippen LogP contribution in [0.1, 0.15) is 72.1 Å². The molecule has 0 spiro atoms. The monoisotopic (exact) mass is 435 g/mol. The van der Waals surface area contributed by atoms with E-state index in [1.807, 2.05) is 6.08 Å². The van der Waals surface area contributed by atoms with Crippen LogP contribution in [-0.2, 0) is 9.63 Å². The maximum Gasteiger partial charge on any atom is 0.155 e. The van der Waals surface area contributed by atoms with E-state index < -0.39 is 0 Å². The molecule has 0 radical (unpaired) electrons. The maximum atomic E-state index is 12.0. The van der Waals surface area contributed by atoms with Crippen molar-refractivity contribution in [1.29, 1.82) is 0 Å². The maximum absolute atomic E-state index is 12.0. The topological polar surface area (TPSA) is 38.7 Å². The molecule has 150 valence electrons. The lowest BCUT2D eigenvalue weighted by Gasteiger charge is -2.58. The van der Waals surface area contributed by atoms with Crippen molar-refractivity contribution in [1.82, 2.24) is 0 Å². The minimum absolute atomic E-state index is 0.276. The predicted octanol–water partition coefficient (Wildman–Crippen LogP) is 5.92. The fourth-order valence-corrected chi connectivity index (χ4v) is 7.64. The standard InChI is InChI=1S/C23H34BrNO2/c1-15(25-27-13-12-24)19-6-7-20-18-5-4-16-14-17(26)8-10-22(16,2)21(18)9-11-23(19,20)3/h14,18-21H,4-13H2,1-3H3/b25-15+. The van der Waals surface area contributed by atoms with Gasteiger partial charge in [-0.3, -0.25) is 4.79 Å². The molecule has 3 nitrogen and oxygen atoms in total. The Morgan fingerprint density at radius 1 is 1.19 bits per heavy atom. The molecule has 4 aliphatic carbocycles. The second kappa shape index (κ2) is 7.31. The Morgan fingerprint density at radius 3 is 2.78 bits per heavy atom. The second-order valence-corrected chi connectivity index (χ2v) is 10.7. The molecule has 0 aliphatic heterocycles. The van der Waals surface area contributed by atoms with E-state index in [1.165, 1.54) is 43.4 Å². The van der Waals surface area contributed by atoms with Gasteiger partial charge in [0, 0.05) is 17.7 Å². The first-order valence-corrected chi connectivity index (χ1v) is 12.0. The summed E-state index contributed by atoms with van der Waals surface area (Å²) in [7, 11) is 0. The molecule has 4 rings (SSSR count). The highest BCUT2D eigenvalue weighted by molar-refractivity contribution is 9.09. The first-order chi connectivity index (χ1) is 12.9. The summed E-state index contributed by atoms with van der Waals surface area (Å²) in [4.78, 5) is 17.5. The van der Waals surface area contributed by atoms with Crippen LogP contribution in [0.25, 0.3) is 0 Å². The van der Waals surface area contributed by atoms with E-state index >= 15 is 0 Å². The van der Waals surface area contributed by atoms with Gasteiger partial charge in [0.25, 0.3) is 0 Å². The number of fused-ring (bicyclic) bond motifs is 5. The largest absolute Gasteiger partial charge is 0.395 e. The Morgan fingerprint density at radius 2 is 2.00 bits per heavy atom. The lowest BCUT2D eigenvalue weighted by atomic mass is 9.46. The highest BCUT2D eigenvalue weighted by atomic mass is 79.9. The average Bonchev–Trinajstić information content (AvgIpc) is 3.00. The number of nitrogens with zero attached hydrogens (tertiary/aromatic N) is 1. The molecule has 0 aromatic heterocycles. The zero-order valence-corrected chi connectivity index (χ0v) is 18.7. The van der Waals surface area contributed by atoms with Crippen LogP contribution in [0.2, 0.25) is 0 Å². The molecule has 6 atom stereocenters. The van der Waals surface area contributed by atoms with E-state index in [0.717, 1.165) is 42.3 Å². The Kier molecular flexibility index (Phi) is 5.33. The summed E-state index contributed by atoms with van der Waals surface area (Å²) in [5.74, 6) is 3.32. The zero-order chi connectivity index (χ0) is 19.2. The lowest BCUT2D eigenvalue weighted by Crippen LogP contribution is -2.51. The van der Waals surface area contributed by atoms with Gasteiger partial charge >= 0.3 is 0 Å². The third kappa shape index (κ3) is 3.14. The van der Waals surface area contributed by atoms with Crippen LogP contribution in [0.5, 0.6) is 0 Å². The van der Waals surface area contributed by atoms with Crippen LogP contribution < -0.4 is 0 Å². The SMILES string of the molecule is C/C(=N\OCCBr)C1CCC2C3CCC4=CC(=O)CCC4(C)C3CCC12C. The minimum atomic E-state index is 0.276. The van der Waals surface area contributed by atoms with Gasteiger partial charge in [-0.1, -0.05) is 40.5 Å². The van der Waals surface area contributed by atoms with Gasteiger partial charge in [-0.25, -0.2) is 0 Å². The first-order valence-electron chi connectivity index (χ1n) is 10.9. The van der Waals surface area contributed by atoms with Crippen molar-refractivity contribution in [2.24, 2.45) is 39.7 Å². The van der Waals surface area contributed by atoms with Crippen LogP contribution in [0, 0.1) is 34.5 Å². The molecule has 4 heteroatoms. The number of carbonyl (C=O) groups excluding carboxylic acids is 1. The van der Waals surface area contributed by atoms with Gasteiger partial charge in [-0.05, 0) is 86.5 Å². The molecule has 3 fully saturated rings. The lowest BCUT2D eigenvalue weighted by molar-refractivity contribution is -0.117. The zero-order valence-electron chi connectivity index (χ0n) is 17.1. The van der Waals surface area contributed by atoms with Gasteiger partial charge in [0.2, 0.25) is 0 Å². The molecule has 0 heterocycles. The Balaban J connectivity index is 1.56. The van der Waals surface area contributed by atoms with Crippen LogP contribution in [0.4, 0.5) is 0 Å². The van der Waals surface area contributed by atoms with Gasteiger partial charge in [0.05, 0.1) is 5.71 Å². The Labute approximate surface area is 172 Å². The number of halogens is 1. The number of oxime groups is 1. The summed E-state index contributed by atoms with van der Waals surface area (Å²) in [6, 6.07) is 0.